The number of hydrogen-bond acceptors (Lipinski definition) is 3. The second-order valence-electron chi connectivity index (χ2n) is 7.17. The number of nitrogens with zero attached hydrogens (tertiary/aromatic N) is 4. The van der Waals surface area contributed by atoms with E-state index in [0.717, 1.165) is 16.8 Å². The molecular formula is C19H24ClN5O2. The van der Waals surface area contributed by atoms with E-state index in [9.17, 15) is 9.59 Å². The van der Waals surface area contributed by atoms with Gasteiger partial charge in [0.05, 0.1) is 12.2 Å². The van der Waals surface area contributed by atoms with E-state index >= 15 is 0 Å². The molecule has 0 saturated carbocycles. The zero-order valence-corrected chi connectivity index (χ0v) is 17.0. The highest BCUT2D eigenvalue weighted by Gasteiger charge is 2.33. The number of rotatable bonds is 2. The summed E-state index contributed by atoms with van der Waals surface area (Å²) in [7, 11) is 5.18. The standard InChI is InChI=1S/C19H24ClN5O2/c1-11-6-7-13(9-15(11)20)21-19(27)25-10-14-16(8-12(25)2)22-24(5)17(14)18(26)23(3)4/h6-7,9,12H,8,10H2,1-5H3,(H,21,27)/t12-/m1/s1. The van der Waals surface area contributed by atoms with Gasteiger partial charge < -0.3 is 15.1 Å². The van der Waals surface area contributed by atoms with Gasteiger partial charge in [-0.3, -0.25) is 9.48 Å². The molecule has 3 rings (SSSR count). The summed E-state index contributed by atoms with van der Waals surface area (Å²) in [6, 6.07) is 5.17. The van der Waals surface area contributed by atoms with Crippen molar-refractivity contribution in [3.8, 4) is 0 Å². The average molecular weight is 390 g/mol. The van der Waals surface area contributed by atoms with Gasteiger partial charge in [-0.05, 0) is 31.5 Å². The number of carbonyl (C=O) groups is 2. The lowest BCUT2D eigenvalue weighted by Gasteiger charge is -2.33. The number of hydrogen-bond donors (Lipinski definition) is 1. The third kappa shape index (κ3) is 3.64. The van der Waals surface area contributed by atoms with Crippen LogP contribution < -0.4 is 5.32 Å². The summed E-state index contributed by atoms with van der Waals surface area (Å²) < 4.78 is 1.61. The van der Waals surface area contributed by atoms with Gasteiger partial charge in [0.25, 0.3) is 5.91 Å². The number of anilines is 1. The number of amides is 3. The lowest BCUT2D eigenvalue weighted by Crippen LogP contribution is -2.45. The minimum Gasteiger partial charge on any atom is -0.343 e. The zero-order chi connectivity index (χ0) is 19.9. The molecule has 0 saturated heterocycles. The van der Waals surface area contributed by atoms with Crippen molar-refractivity contribution in [2.45, 2.75) is 32.9 Å². The summed E-state index contributed by atoms with van der Waals surface area (Å²) in [4.78, 5) is 28.7. The predicted octanol–water partition coefficient (Wildman–Crippen LogP) is 3.06. The van der Waals surface area contributed by atoms with Gasteiger partial charge in [-0.25, -0.2) is 4.79 Å². The molecule has 1 aliphatic heterocycles. The molecule has 1 aromatic heterocycles. The van der Waals surface area contributed by atoms with E-state index < -0.39 is 0 Å². The fourth-order valence-electron chi connectivity index (χ4n) is 3.29. The second-order valence-corrected chi connectivity index (χ2v) is 7.58. The SMILES string of the molecule is Cc1ccc(NC(=O)N2Cc3c(nn(C)c3C(=O)N(C)C)C[C@H]2C)cc1Cl. The Morgan fingerprint density at radius 1 is 1.33 bits per heavy atom. The van der Waals surface area contributed by atoms with Crippen molar-refractivity contribution in [3.05, 3.63) is 45.7 Å². The highest BCUT2D eigenvalue weighted by Crippen LogP contribution is 2.27. The van der Waals surface area contributed by atoms with Crippen LogP contribution in [0.3, 0.4) is 0 Å². The van der Waals surface area contributed by atoms with Gasteiger partial charge in [-0.15, -0.1) is 0 Å². The van der Waals surface area contributed by atoms with E-state index in [-0.39, 0.29) is 18.0 Å². The van der Waals surface area contributed by atoms with Crippen molar-refractivity contribution >= 4 is 29.2 Å². The summed E-state index contributed by atoms with van der Waals surface area (Å²) in [6.07, 6.45) is 0.603. The van der Waals surface area contributed by atoms with E-state index in [1.807, 2.05) is 26.0 Å². The Labute approximate surface area is 163 Å². The maximum Gasteiger partial charge on any atom is 0.322 e. The summed E-state index contributed by atoms with van der Waals surface area (Å²) >= 11 is 6.15. The topological polar surface area (TPSA) is 70.5 Å². The fourth-order valence-corrected chi connectivity index (χ4v) is 3.47. The van der Waals surface area contributed by atoms with Crippen LogP contribution in [0.25, 0.3) is 0 Å². The van der Waals surface area contributed by atoms with Crippen LogP contribution in [0.4, 0.5) is 10.5 Å². The lowest BCUT2D eigenvalue weighted by molar-refractivity contribution is 0.0814. The molecule has 1 aliphatic rings. The highest BCUT2D eigenvalue weighted by molar-refractivity contribution is 6.31. The van der Waals surface area contributed by atoms with E-state index in [1.165, 1.54) is 4.90 Å². The first-order valence-corrected chi connectivity index (χ1v) is 9.17. The monoisotopic (exact) mass is 389 g/mol. The number of urea groups is 1. The number of aromatic nitrogens is 2. The van der Waals surface area contributed by atoms with Crippen LogP contribution in [0.1, 0.15) is 34.2 Å². The third-order valence-corrected chi connectivity index (χ3v) is 5.28. The molecular weight excluding hydrogens is 366 g/mol. The van der Waals surface area contributed by atoms with Crippen molar-refractivity contribution < 1.29 is 9.59 Å². The largest absolute Gasteiger partial charge is 0.343 e. The molecule has 0 aliphatic carbocycles. The Bertz CT molecular complexity index is 906. The summed E-state index contributed by atoms with van der Waals surface area (Å²) in [6.45, 7) is 4.23. The molecule has 144 valence electrons. The van der Waals surface area contributed by atoms with Gasteiger partial charge in [0, 0.05) is 49.9 Å². The van der Waals surface area contributed by atoms with Crippen LogP contribution in [-0.4, -0.2) is 51.7 Å². The molecule has 0 fully saturated rings. The molecule has 3 amide bonds. The minimum atomic E-state index is -0.222. The molecule has 1 aromatic carbocycles. The van der Waals surface area contributed by atoms with Crippen LogP contribution in [0.15, 0.2) is 18.2 Å². The smallest absolute Gasteiger partial charge is 0.322 e. The van der Waals surface area contributed by atoms with Crippen molar-refractivity contribution in [1.29, 1.82) is 0 Å². The molecule has 8 heteroatoms. The highest BCUT2D eigenvalue weighted by atomic mass is 35.5. The van der Waals surface area contributed by atoms with Crippen molar-refractivity contribution in [1.82, 2.24) is 19.6 Å². The lowest BCUT2D eigenvalue weighted by atomic mass is 9.99. The summed E-state index contributed by atoms with van der Waals surface area (Å²) in [5.41, 5.74) is 3.80. The minimum absolute atomic E-state index is 0.0318. The summed E-state index contributed by atoms with van der Waals surface area (Å²) in [5.74, 6) is -0.119. The number of nitrogens with one attached hydrogen (secondary N) is 1. The molecule has 1 atom stereocenters. The number of fused-ring (bicyclic) bond motifs is 1. The molecule has 2 heterocycles. The van der Waals surface area contributed by atoms with Gasteiger partial charge >= 0.3 is 6.03 Å². The van der Waals surface area contributed by atoms with Gasteiger partial charge in [0.1, 0.15) is 5.69 Å². The Kier molecular flexibility index (Phi) is 5.15. The first-order chi connectivity index (χ1) is 12.7. The molecule has 0 unspecified atom stereocenters. The van der Waals surface area contributed by atoms with Crippen LogP contribution in [0.5, 0.6) is 0 Å². The number of halogens is 1. The van der Waals surface area contributed by atoms with Crippen LogP contribution in [-0.2, 0) is 20.0 Å². The van der Waals surface area contributed by atoms with Gasteiger partial charge in [-0.1, -0.05) is 17.7 Å². The normalized spacial score (nSPS) is 16.1. The molecule has 7 nitrogen and oxygen atoms in total. The maximum atomic E-state index is 12.9. The molecule has 0 spiro atoms. The predicted molar refractivity (Wildman–Crippen MR) is 105 cm³/mol. The van der Waals surface area contributed by atoms with Crippen LogP contribution in [0.2, 0.25) is 5.02 Å². The average Bonchev–Trinajstić information content (AvgIpc) is 2.91. The molecule has 0 radical (unpaired) electrons. The Morgan fingerprint density at radius 3 is 2.67 bits per heavy atom. The zero-order valence-electron chi connectivity index (χ0n) is 16.2. The Hall–Kier alpha value is -2.54. The number of aryl methyl sites for hydroxylation is 2. The molecule has 1 N–H and O–H groups in total. The van der Waals surface area contributed by atoms with Gasteiger partial charge in [0.2, 0.25) is 0 Å². The van der Waals surface area contributed by atoms with Crippen LogP contribution >= 0.6 is 11.6 Å². The molecule has 0 bridgehead atoms. The first-order valence-electron chi connectivity index (χ1n) is 8.79. The number of carbonyl (C=O) groups excluding carboxylic acids is 2. The second kappa shape index (κ2) is 7.23. The third-order valence-electron chi connectivity index (χ3n) is 4.87. The van der Waals surface area contributed by atoms with E-state index in [1.54, 1.807) is 36.8 Å². The van der Waals surface area contributed by atoms with Gasteiger partial charge in [0.15, 0.2) is 0 Å². The summed E-state index contributed by atoms with van der Waals surface area (Å²) in [5, 5.41) is 8.00. The van der Waals surface area contributed by atoms with Crippen molar-refractivity contribution in [3.63, 3.8) is 0 Å². The van der Waals surface area contributed by atoms with Crippen molar-refractivity contribution in [2.75, 3.05) is 19.4 Å². The molecule has 27 heavy (non-hydrogen) atoms. The van der Waals surface area contributed by atoms with Crippen LogP contribution in [0, 0.1) is 6.92 Å². The Balaban J connectivity index is 1.86. The van der Waals surface area contributed by atoms with E-state index in [2.05, 4.69) is 10.4 Å². The Morgan fingerprint density at radius 2 is 2.04 bits per heavy atom. The maximum absolute atomic E-state index is 12.9. The fraction of sp³-hybridized carbons (Fsp3) is 0.421. The van der Waals surface area contributed by atoms with Crippen molar-refractivity contribution in [2.24, 2.45) is 7.05 Å². The van der Waals surface area contributed by atoms with E-state index in [0.29, 0.717) is 29.4 Å². The first kappa shape index (κ1) is 19.2. The van der Waals surface area contributed by atoms with Gasteiger partial charge in [-0.2, -0.15) is 5.10 Å². The quantitative estimate of drug-likeness (QED) is 0.858. The van der Waals surface area contributed by atoms with E-state index in [4.69, 9.17) is 11.6 Å². The molecule has 2 aromatic rings. The number of benzene rings is 1.